The van der Waals surface area contributed by atoms with Crippen LogP contribution in [0.1, 0.15) is 16.7 Å². The maximum Gasteiger partial charge on any atom is 0.228 e. The third-order valence-electron chi connectivity index (χ3n) is 3.86. The van der Waals surface area contributed by atoms with E-state index in [0.29, 0.717) is 4.99 Å². The number of nitrogens with two attached hydrogens (primary N) is 1. The van der Waals surface area contributed by atoms with Gasteiger partial charge in [0.25, 0.3) is 0 Å². The van der Waals surface area contributed by atoms with Crippen LogP contribution in [0.5, 0.6) is 0 Å². The van der Waals surface area contributed by atoms with Gasteiger partial charge in [0.1, 0.15) is 4.99 Å². The topological polar surface area (TPSA) is 55.1 Å². The highest BCUT2D eigenvalue weighted by atomic mass is 32.1. The van der Waals surface area contributed by atoms with Gasteiger partial charge in [-0.25, -0.2) is 0 Å². The number of anilines is 1. The number of nitrogens with one attached hydrogen (secondary N) is 1. The van der Waals surface area contributed by atoms with E-state index in [1.165, 1.54) is 11.1 Å². The molecule has 0 radical (unpaired) electrons. The first-order chi connectivity index (χ1) is 10.1. The van der Waals surface area contributed by atoms with E-state index in [1.54, 1.807) is 0 Å². The zero-order valence-corrected chi connectivity index (χ0v) is 12.3. The summed E-state index contributed by atoms with van der Waals surface area (Å²) < 4.78 is 0. The molecule has 2 aromatic rings. The fourth-order valence-corrected chi connectivity index (χ4v) is 2.84. The predicted octanol–water partition coefficient (Wildman–Crippen LogP) is 2.67. The van der Waals surface area contributed by atoms with E-state index >= 15 is 0 Å². The monoisotopic (exact) mass is 296 g/mol. The molecule has 0 unspecified atom stereocenters. The predicted molar refractivity (Wildman–Crippen MR) is 88.3 cm³/mol. The Balaban J connectivity index is 1.66. The number of amides is 1. The van der Waals surface area contributed by atoms with E-state index in [9.17, 15) is 4.79 Å². The van der Waals surface area contributed by atoms with Crippen molar-refractivity contribution >= 4 is 28.8 Å². The van der Waals surface area contributed by atoms with Gasteiger partial charge in [-0.05, 0) is 48.2 Å². The molecule has 0 aromatic heterocycles. The number of rotatable bonds is 3. The van der Waals surface area contributed by atoms with Crippen LogP contribution in [0.25, 0.3) is 0 Å². The van der Waals surface area contributed by atoms with Gasteiger partial charge in [0.2, 0.25) is 5.91 Å². The fourth-order valence-electron chi connectivity index (χ4n) is 2.71. The van der Waals surface area contributed by atoms with Crippen molar-refractivity contribution < 1.29 is 4.79 Å². The highest BCUT2D eigenvalue weighted by Crippen LogP contribution is 2.27. The van der Waals surface area contributed by atoms with E-state index in [0.717, 1.165) is 24.1 Å². The van der Waals surface area contributed by atoms with Crippen molar-refractivity contribution in [1.82, 2.24) is 0 Å². The van der Waals surface area contributed by atoms with Crippen molar-refractivity contribution in [2.75, 3.05) is 5.32 Å². The Morgan fingerprint density at radius 3 is 2.14 bits per heavy atom. The lowest BCUT2D eigenvalue weighted by Crippen LogP contribution is -2.23. The Hall–Kier alpha value is -2.20. The molecule has 4 heteroatoms. The van der Waals surface area contributed by atoms with Gasteiger partial charge in [0, 0.05) is 17.2 Å². The number of hydrogen-bond donors (Lipinski definition) is 2. The summed E-state index contributed by atoms with van der Waals surface area (Å²) >= 11 is 4.91. The van der Waals surface area contributed by atoms with Crippen LogP contribution in [0.15, 0.2) is 48.5 Å². The van der Waals surface area contributed by atoms with Crippen LogP contribution in [-0.4, -0.2) is 10.9 Å². The minimum absolute atomic E-state index is 0.0117. The summed E-state index contributed by atoms with van der Waals surface area (Å²) in [5.74, 6) is 0.0759. The number of carbonyl (C=O) groups is 1. The summed E-state index contributed by atoms with van der Waals surface area (Å²) in [4.78, 5) is 12.7. The zero-order chi connectivity index (χ0) is 14.8. The van der Waals surface area contributed by atoms with Gasteiger partial charge < -0.3 is 11.1 Å². The second-order valence-electron chi connectivity index (χ2n) is 5.30. The first-order valence-electron chi connectivity index (χ1n) is 6.91. The van der Waals surface area contributed by atoms with Gasteiger partial charge in [0.05, 0.1) is 0 Å². The quantitative estimate of drug-likeness (QED) is 0.856. The van der Waals surface area contributed by atoms with Crippen molar-refractivity contribution in [2.45, 2.75) is 12.8 Å². The average molecular weight is 296 g/mol. The molecule has 0 heterocycles. The van der Waals surface area contributed by atoms with Gasteiger partial charge >= 0.3 is 0 Å². The molecule has 0 fully saturated rings. The van der Waals surface area contributed by atoms with E-state index < -0.39 is 0 Å². The Morgan fingerprint density at radius 2 is 1.62 bits per heavy atom. The summed E-state index contributed by atoms with van der Waals surface area (Å²) in [6.45, 7) is 0. The first-order valence-corrected chi connectivity index (χ1v) is 7.32. The standard InChI is InChI=1S/C17H16N2OS/c18-16(21)11-5-7-15(8-6-11)19-17(20)14-9-12-3-1-2-4-13(12)10-14/h1-8,14H,9-10H2,(H2,18,21)(H,19,20). The summed E-state index contributed by atoms with van der Waals surface area (Å²) in [5.41, 5.74) is 9.69. The molecule has 0 spiro atoms. The number of carbonyl (C=O) groups excluding carboxylic acids is 1. The van der Waals surface area contributed by atoms with Crippen molar-refractivity contribution in [2.24, 2.45) is 11.7 Å². The van der Waals surface area contributed by atoms with Gasteiger partial charge in [-0.1, -0.05) is 36.5 Å². The minimum atomic E-state index is 0.0117. The molecule has 0 atom stereocenters. The lowest BCUT2D eigenvalue weighted by atomic mass is 10.1. The maximum absolute atomic E-state index is 12.3. The molecule has 0 saturated carbocycles. The Bertz CT molecular complexity index is 669. The van der Waals surface area contributed by atoms with Crippen molar-refractivity contribution in [3.8, 4) is 0 Å². The number of thiocarbonyl (C=S) groups is 1. The van der Waals surface area contributed by atoms with E-state index in [2.05, 4.69) is 17.4 Å². The SMILES string of the molecule is NC(=S)c1ccc(NC(=O)C2Cc3ccccc3C2)cc1. The molecule has 3 rings (SSSR count). The number of benzene rings is 2. The molecule has 0 bridgehead atoms. The highest BCUT2D eigenvalue weighted by molar-refractivity contribution is 7.80. The van der Waals surface area contributed by atoms with Crippen molar-refractivity contribution in [3.63, 3.8) is 0 Å². The molecule has 106 valence electrons. The Kier molecular flexibility index (Phi) is 3.71. The van der Waals surface area contributed by atoms with Crippen LogP contribution in [0, 0.1) is 5.92 Å². The molecular weight excluding hydrogens is 280 g/mol. The lowest BCUT2D eigenvalue weighted by Gasteiger charge is -2.10. The normalized spacial score (nSPS) is 13.7. The van der Waals surface area contributed by atoms with Crippen LogP contribution >= 0.6 is 12.2 Å². The van der Waals surface area contributed by atoms with Gasteiger partial charge in [0.15, 0.2) is 0 Å². The third-order valence-corrected chi connectivity index (χ3v) is 4.09. The Morgan fingerprint density at radius 1 is 1.05 bits per heavy atom. The minimum Gasteiger partial charge on any atom is -0.389 e. The molecule has 21 heavy (non-hydrogen) atoms. The molecule has 1 aliphatic carbocycles. The molecule has 0 aliphatic heterocycles. The van der Waals surface area contributed by atoms with Crippen molar-refractivity contribution in [1.29, 1.82) is 0 Å². The molecular formula is C17H16N2OS. The zero-order valence-electron chi connectivity index (χ0n) is 11.5. The Labute approximate surface area is 129 Å². The summed E-state index contributed by atoms with van der Waals surface area (Å²) in [6, 6.07) is 15.5. The molecule has 2 aromatic carbocycles. The molecule has 1 amide bonds. The van der Waals surface area contributed by atoms with Crippen LogP contribution in [0.3, 0.4) is 0 Å². The van der Waals surface area contributed by atoms with Crippen LogP contribution in [-0.2, 0) is 17.6 Å². The molecule has 3 N–H and O–H groups in total. The van der Waals surface area contributed by atoms with Gasteiger partial charge in [-0.2, -0.15) is 0 Å². The second kappa shape index (κ2) is 5.66. The van der Waals surface area contributed by atoms with Crippen LogP contribution < -0.4 is 11.1 Å². The van der Waals surface area contributed by atoms with E-state index in [4.69, 9.17) is 18.0 Å². The summed E-state index contributed by atoms with van der Waals surface area (Å²) in [5, 5.41) is 2.96. The van der Waals surface area contributed by atoms with Gasteiger partial charge in [-0.3, -0.25) is 4.79 Å². The summed E-state index contributed by atoms with van der Waals surface area (Å²) in [7, 11) is 0. The highest BCUT2D eigenvalue weighted by Gasteiger charge is 2.26. The van der Waals surface area contributed by atoms with Crippen LogP contribution in [0.2, 0.25) is 0 Å². The average Bonchev–Trinajstić information content (AvgIpc) is 2.92. The van der Waals surface area contributed by atoms with E-state index in [1.807, 2.05) is 36.4 Å². The molecule has 3 nitrogen and oxygen atoms in total. The van der Waals surface area contributed by atoms with Crippen LogP contribution in [0.4, 0.5) is 5.69 Å². The largest absolute Gasteiger partial charge is 0.389 e. The maximum atomic E-state index is 12.3. The number of fused-ring (bicyclic) bond motifs is 1. The second-order valence-corrected chi connectivity index (χ2v) is 5.74. The first kappa shape index (κ1) is 13.8. The molecule has 1 aliphatic rings. The van der Waals surface area contributed by atoms with E-state index in [-0.39, 0.29) is 11.8 Å². The lowest BCUT2D eigenvalue weighted by molar-refractivity contribution is -0.119. The smallest absolute Gasteiger partial charge is 0.228 e. The van der Waals surface area contributed by atoms with Gasteiger partial charge in [-0.15, -0.1) is 0 Å². The van der Waals surface area contributed by atoms with Crippen molar-refractivity contribution in [3.05, 3.63) is 65.2 Å². The summed E-state index contributed by atoms with van der Waals surface area (Å²) in [6.07, 6.45) is 1.62. The fraction of sp³-hybridized carbons (Fsp3) is 0.176. The molecule has 0 saturated heterocycles. The number of hydrogen-bond acceptors (Lipinski definition) is 2. The third kappa shape index (κ3) is 2.95.